The maximum Gasteiger partial charge on any atom is 0.272 e. The number of amides is 1. The smallest absolute Gasteiger partial charge is 0.272 e. The number of aromatic nitrogens is 2. The van der Waals surface area contributed by atoms with E-state index >= 15 is 0 Å². The number of halogens is 1. The molecule has 0 fully saturated rings. The Morgan fingerprint density at radius 3 is 2.44 bits per heavy atom. The summed E-state index contributed by atoms with van der Waals surface area (Å²) in [6, 6.07) is 23.1. The Hall–Kier alpha value is -4.46. The van der Waals surface area contributed by atoms with Crippen molar-refractivity contribution in [3.63, 3.8) is 0 Å². The molecule has 4 rings (SSSR count). The molecule has 0 radical (unpaired) electrons. The quantitative estimate of drug-likeness (QED) is 0.432. The van der Waals surface area contributed by atoms with Gasteiger partial charge in [-0.1, -0.05) is 36.4 Å². The SMILES string of the molecule is COc1cc(CNC(=O)c2ccc(=O)n(-c3ccc(F)cc3)n2)ccc1OCc1ccccc1. The minimum absolute atomic E-state index is 0.0544. The zero-order valence-electron chi connectivity index (χ0n) is 18.4. The third-order valence-electron chi connectivity index (χ3n) is 5.02. The lowest BCUT2D eigenvalue weighted by Gasteiger charge is -2.13. The third-order valence-corrected chi connectivity index (χ3v) is 5.02. The number of rotatable bonds is 8. The molecular formula is C26H22FN3O4. The van der Waals surface area contributed by atoms with Crippen LogP contribution in [0.4, 0.5) is 4.39 Å². The van der Waals surface area contributed by atoms with Gasteiger partial charge in [-0.25, -0.2) is 4.39 Å². The summed E-state index contributed by atoms with van der Waals surface area (Å²) in [5.41, 5.74) is 1.81. The van der Waals surface area contributed by atoms with Crippen molar-refractivity contribution >= 4 is 5.91 Å². The Bertz CT molecular complexity index is 1340. The summed E-state index contributed by atoms with van der Waals surface area (Å²) in [5, 5.41) is 6.89. The molecule has 8 heteroatoms. The first-order valence-corrected chi connectivity index (χ1v) is 10.5. The van der Waals surface area contributed by atoms with E-state index in [-0.39, 0.29) is 12.2 Å². The molecule has 0 saturated heterocycles. The van der Waals surface area contributed by atoms with Crippen LogP contribution in [0.25, 0.3) is 5.69 Å². The van der Waals surface area contributed by atoms with Crippen LogP contribution in [-0.2, 0) is 13.2 Å². The number of ether oxygens (including phenoxy) is 2. The lowest BCUT2D eigenvalue weighted by atomic mass is 10.2. The second-order valence-electron chi connectivity index (χ2n) is 7.39. The van der Waals surface area contributed by atoms with Crippen LogP contribution in [0.3, 0.4) is 0 Å². The fourth-order valence-electron chi connectivity index (χ4n) is 3.25. The van der Waals surface area contributed by atoms with Crippen molar-refractivity contribution in [3.8, 4) is 17.2 Å². The average Bonchev–Trinajstić information content (AvgIpc) is 2.87. The van der Waals surface area contributed by atoms with Crippen molar-refractivity contribution in [2.24, 2.45) is 0 Å². The molecule has 4 aromatic rings. The van der Waals surface area contributed by atoms with Crippen molar-refractivity contribution in [1.29, 1.82) is 0 Å². The van der Waals surface area contributed by atoms with Gasteiger partial charge >= 0.3 is 0 Å². The minimum Gasteiger partial charge on any atom is -0.493 e. The van der Waals surface area contributed by atoms with E-state index < -0.39 is 17.3 Å². The van der Waals surface area contributed by atoms with Gasteiger partial charge in [-0.3, -0.25) is 9.59 Å². The zero-order valence-corrected chi connectivity index (χ0v) is 18.4. The highest BCUT2D eigenvalue weighted by Crippen LogP contribution is 2.28. The molecule has 7 nitrogen and oxygen atoms in total. The Morgan fingerprint density at radius 1 is 0.941 bits per heavy atom. The van der Waals surface area contributed by atoms with Gasteiger partial charge in [0, 0.05) is 12.6 Å². The number of nitrogens with zero attached hydrogens (tertiary/aromatic N) is 2. The molecule has 34 heavy (non-hydrogen) atoms. The molecule has 0 unspecified atom stereocenters. The third kappa shape index (κ3) is 5.47. The number of carbonyl (C=O) groups is 1. The van der Waals surface area contributed by atoms with Crippen molar-refractivity contribution in [1.82, 2.24) is 15.1 Å². The van der Waals surface area contributed by atoms with Gasteiger partial charge in [0.15, 0.2) is 11.5 Å². The maximum absolute atomic E-state index is 13.2. The number of carbonyl (C=O) groups excluding carboxylic acids is 1. The van der Waals surface area contributed by atoms with Gasteiger partial charge < -0.3 is 14.8 Å². The lowest BCUT2D eigenvalue weighted by Crippen LogP contribution is -2.28. The molecule has 0 saturated carbocycles. The Kier molecular flexibility index (Phi) is 6.98. The number of nitrogens with one attached hydrogen (secondary N) is 1. The van der Waals surface area contributed by atoms with Gasteiger partial charge in [0.05, 0.1) is 12.8 Å². The van der Waals surface area contributed by atoms with E-state index in [9.17, 15) is 14.0 Å². The standard InChI is InChI=1S/C26H22FN3O4/c1-33-24-15-19(7-13-23(24)34-17-18-5-3-2-4-6-18)16-28-26(32)22-12-14-25(31)30(29-22)21-10-8-20(27)9-11-21/h2-15H,16-17H2,1H3,(H,28,32). The van der Waals surface area contributed by atoms with E-state index in [1.165, 1.54) is 36.4 Å². The summed E-state index contributed by atoms with van der Waals surface area (Å²) < 4.78 is 25.5. The first-order chi connectivity index (χ1) is 16.5. The van der Waals surface area contributed by atoms with Crippen molar-refractivity contribution in [2.45, 2.75) is 13.2 Å². The van der Waals surface area contributed by atoms with Crippen molar-refractivity contribution in [3.05, 3.63) is 118 Å². The number of hydrogen-bond acceptors (Lipinski definition) is 5. The highest BCUT2D eigenvalue weighted by molar-refractivity contribution is 5.92. The molecule has 3 aromatic carbocycles. The van der Waals surface area contributed by atoms with Crippen LogP contribution in [0.1, 0.15) is 21.6 Å². The fourth-order valence-corrected chi connectivity index (χ4v) is 3.25. The fraction of sp³-hybridized carbons (Fsp3) is 0.115. The highest BCUT2D eigenvalue weighted by atomic mass is 19.1. The summed E-state index contributed by atoms with van der Waals surface area (Å²) in [4.78, 5) is 24.8. The molecule has 1 aromatic heterocycles. The number of methoxy groups -OCH3 is 1. The molecule has 172 valence electrons. The summed E-state index contributed by atoms with van der Waals surface area (Å²) in [6.45, 7) is 0.619. The summed E-state index contributed by atoms with van der Waals surface area (Å²) in [7, 11) is 1.55. The van der Waals surface area contributed by atoms with E-state index in [0.717, 1.165) is 15.8 Å². The first kappa shape index (κ1) is 22.7. The minimum atomic E-state index is -0.459. The first-order valence-electron chi connectivity index (χ1n) is 10.5. The highest BCUT2D eigenvalue weighted by Gasteiger charge is 2.12. The largest absolute Gasteiger partial charge is 0.493 e. The van der Waals surface area contributed by atoms with Crippen LogP contribution >= 0.6 is 0 Å². The molecule has 1 N–H and O–H groups in total. The van der Waals surface area contributed by atoms with Gasteiger partial charge in [0.2, 0.25) is 0 Å². The predicted molar refractivity (Wildman–Crippen MR) is 125 cm³/mol. The van der Waals surface area contributed by atoms with Crippen LogP contribution in [0.2, 0.25) is 0 Å². The van der Waals surface area contributed by atoms with E-state index in [1.807, 2.05) is 36.4 Å². The van der Waals surface area contributed by atoms with Crippen LogP contribution in [0.15, 0.2) is 89.7 Å². The summed E-state index contributed by atoms with van der Waals surface area (Å²) in [6.07, 6.45) is 0. The molecule has 1 amide bonds. The zero-order chi connectivity index (χ0) is 23.9. The van der Waals surface area contributed by atoms with Gasteiger partial charge in [0.25, 0.3) is 11.5 Å². The van der Waals surface area contributed by atoms with Gasteiger partial charge in [0.1, 0.15) is 18.1 Å². The lowest BCUT2D eigenvalue weighted by molar-refractivity contribution is 0.0944. The van der Waals surface area contributed by atoms with Crippen LogP contribution in [0, 0.1) is 5.82 Å². The molecule has 0 aliphatic heterocycles. The van der Waals surface area contributed by atoms with Crippen LogP contribution in [-0.4, -0.2) is 22.8 Å². The summed E-state index contributed by atoms with van der Waals surface area (Å²) >= 11 is 0. The van der Waals surface area contributed by atoms with Crippen molar-refractivity contribution < 1.29 is 18.7 Å². The van der Waals surface area contributed by atoms with Crippen LogP contribution in [0.5, 0.6) is 11.5 Å². The number of benzene rings is 3. The van der Waals surface area contributed by atoms with Crippen LogP contribution < -0.4 is 20.3 Å². The second-order valence-corrected chi connectivity index (χ2v) is 7.39. The summed E-state index contributed by atoms with van der Waals surface area (Å²) in [5.74, 6) is 0.247. The monoisotopic (exact) mass is 459 g/mol. The molecule has 0 aliphatic rings. The average molecular weight is 459 g/mol. The Balaban J connectivity index is 1.43. The normalized spacial score (nSPS) is 10.5. The second kappa shape index (κ2) is 10.4. The van der Waals surface area contributed by atoms with E-state index in [2.05, 4.69) is 10.4 Å². The molecule has 1 heterocycles. The van der Waals surface area contributed by atoms with E-state index in [0.29, 0.717) is 23.8 Å². The maximum atomic E-state index is 13.2. The Labute approximate surface area is 195 Å². The molecule has 0 spiro atoms. The predicted octanol–water partition coefficient (Wildman–Crippen LogP) is 3.89. The molecule has 0 bridgehead atoms. The molecule has 0 atom stereocenters. The van der Waals surface area contributed by atoms with E-state index in [1.54, 1.807) is 19.2 Å². The van der Waals surface area contributed by atoms with Gasteiger partial charge in [-0.15, -0.1) is 0 Å². The van der Waals surface area contributed by atoms with Gasteiger partial charge in [-0.2, -0.15) is 9.78 Å². The van der Waals surface area contributed by atoms with E-state index in [4.69, 9.17) is 9.47 Å². The topological polar surface area (TPSA) is 82.5 Å². The molecule has 0 aliphatic carbocycles. The Morgan fingerprint density at radius 2 is 1.71 bits per heavy atom. The van der Waals surface area contributed by atoms with Crippen molar-refractivity contribution in [2.75, 3.05) is 7.11 Å². The van der Waals surface area contributed by atoms with Gasteiger partial charge in [-0.05, 0) is 53.6 Å². The molecular weight excluding hydrogens is 437 g/mol. The number of hydrogen-bond donors (Lipinski definition) is 1.